The molecule has 76 valence electrons. The van der Waals surface area contributed by atoms with Crippen molar-refractivity contribution >= 4 is 0 Å². The maximum Gasteiger partial charge on any atom is 0.0333 e. The van der Waals surface area contributed by atoms with Crippen LogP contribution in [0.15, 0.2) is 0 Å². The number of likely N-dealkylation sites (tertiary alicyclic amines) is 1. The number of nitrogens with zero attached hydrogens (tertiary/aromatic N) is 1. The molecule has 0 bridgehead atoms. The van der Waals surface area contributed by atoms with Gasteiger partial charge >= 0.3 is 0 Å². The molecule has 0 unspecified atom stereocenters. The molecule has 1 saturated heterocycles. The van der Waals surface area contributed by atoms with Crippen LogP contribution < -0.4 is 5.73 Å². The van der Waals surface area contributed by atoms with E-state index in [9.17, 15) is 0 Å². The second-order valence-corrected chi connectivity index (χ2v) is 4.68. The summed E-state index contributed by atoms with van der Waals surface area (Å²) in [7, 11) is 0. The van der Waals surface area contributed by atoms with E-state index in [0.717, 1.165) is 6.54 Å². The van der Waals surface area contributed by atoms with Crippen molar-refractivity contribution in [2.75, 3.05) is 19.6 Å². The Balaban J connectivity index is 1.88. The second-order valence-electron chi connectivity index (χ2n) is 4.68. The van der Waals surface area contributed by atoms with E-state index in [1.54, 1.807) is 0 Å². The highest BCUT2D eigenvalue weighted by Crippen LogP contribution is 2.41. The van der Waals surface area contributed by atoms with Crippen molar-refractivity contribution in [3.63, 3.8) is 0 Å². The molecule has 0 aromatic heterocycles. The average molecular weight is 182 g/mol. The molecule has 13 heavy (non-hydrogen) atoms. The molecule has 2 N–H and O–H groups in total. The second kappa shape index (κ2) is 3.97. The van der Waals surface area contributed by atoms with Crippen LogP contribution in [0.4, 0.5) is 0 Å². The van der Waals surface area contributed by atoms with E-state index in [1.807, 2.05) is 0 Å². The predicted octanol–water partition coefficient (Wildman–Crippen LogP) is 1.74. The summed E-state index contributed by atoms with van der Waals surface area (Å²) in [4.78, 5) is 2.67. The zero-order valence-electron chi connectivity index (χ0n) is 8.60. The van der Waals surface area contributed by atoms with Gasteiger partial charge in [-0.1, -0.05) is 19.3 Å². The highest BCUT2D eigenvalue weighted by molar-refractivity contribution is 5.04. The predicted molar refractivity (Wildman–Crippen MR) is 55.7 cm³/mol. The van der Waals surface area contributed by atoms with Crippen LogP contribution in [0, 0.1) is 0 Å². The first-order chi connectivity index (χ1) is 6.37. The van der Waals surface area contributed by atoms with Crippen molar-refractivity contribution in [1.82, 2.24) is 4.90 Å². The summed E-state index contributed by atoms with van der Waals surface area (Å²) >= 11 is 0. The third kappa shape index (κ3) is 2.05. The van der Waals surface area contributed by atoms with Gasteiger partial charge in [-0.25, -0.2) is 0 Å². The first-order valence-corrected chi connectivity index (χ1v) is 5.82. The number of rotatable bonds is 2. The number of nitrogens with two attached hydrogens (primary N) is 1. The first kappa shape index (κ1) is 9.47. The molecular weight excluding hydrogens is 160 g/mol. The van der Waals surface area contributed by atoms with E-state index in [4.69, 9.17) is 5.73 Å². The molecule has 1 heterocycles. The van der Waals surface area contributed by atoms with Gasteiger partial charge in [0.25, 0.3) is 0 Å². The Bertz CT molecular complexity index is 155. The average Bonchev–Trinajstić information content (AvgIpc) is 2.84. The summed E-state index contributed by atoms with van der Waals surface area (Å²) in [6.45, 7) is 3.49. The molecule has 0 amide bonds. The van der Waals surface area contributed by atoms with E-state index in [0.29, 0.717) is 5.54 Å². The van der Waals surface area contributed by atoms with Gasteiger partial charge in [0.05, 0.1) is 0 Å². The van der Waals surface area contributed by atoms with E-state index in [2.05, 4.69) is 4.90 Å². The number of hydrogen-bond acceptors (Lipinski definition) is 2. The molecule has 0 atom stereocenters. The molecule has 1 aliphatic heterocycles. The standard InChI is InChI=1S/C11H22N2/c12-10-11(6-7-11)13-8-4-2-1-3-5-9-13/h1-10,12H2. The summed E-state index contributed by atoms with van der Waals surface area (Å²) in [6, 6.07) is 0. The lowest BCUT2D eigenvalue weighted by Crippen LogP contribution is -2.44. The van der Waals surface area contributed by atoms with Crippen molar-refractivity contribution in [3.8, 4) is 0 Å². The topological polar surface area (TPSA) is 29.3 Å². The summed E-state index contributed by atoms with van der Waals surface area (Å²) in [5, 5.41) is 0. The number of hydrogen-bond donors (Lipinski definition) is 1. The van der Waals surface area contributed by atoms with E-state index >= 15 is 0 Å². The molecule has 2 aliphatic rings. The third-order valence-electron chi connectivity index (χ3n) is 3.73. The van der Waals surface area contributed by atoms with Crippen LogP contribution in [0.2, 0.25) is 0 Å². The van der Waals surface area contributed by atoms with Crippen molar-refractivity contribution in [1.29, 1.82) is 0 Å². The smallest absolute Gasteiger partial charge is 0.0333 e. The molecule has 2 fully saturated rings. The molecule has 0 aromatic carbocycles. The van der Waals surface area contributed by atoms with Crippen molar-refractivity contribution < 1.29 is 0 Å². The van der Waals surface area contributed by atoms with Gasteiger partial charge in [-0.05, 0) is 38.8 Å². The Kier molecular flexibility index (Phi) is 2.89. The lowest BCUT2D eigenvalue weighted by Gasteiger charge is -2.32. The van der Waals surface area contributed by atoms with Gasteiger partial charge in [0, 0.05) is 12.1 Å². The van der Waals surface area contributed by atoms with Crippen LogP contribution in [0.25, 0.3) is 0 Å². The van der Waals surface area contributed by atoms with Crippen LogP contribution >= 0.6 is 0 Å². The molecule has 0 aromatic rings. The highest BCUT2D eigenvalue weighted by Gasteiger charge is 2.45. The summed E-state index contributed by atoms with van der Waals surface area (Å²) < 4.78 is 0. The van der Waals surface area contributed by atoms with Crippen LogP contribution in [0.3, 0.4) is 0 Å². The van der Waals surface area contributed by atoms with Gasteiger partial charge in [-0.3, -0.25) is 4.90 Å². The van der Waals surface area contributed by atoms with Gasteiger partial charge < -0.3 is 5.73 Å². The molecule has 1 aliphatic carbocycles. The van der Waals surface area contributed by atoms with Crippen LogP contribution in [0.1, 0.15) is 44.9 Å². The maximum absolute atomic E-state index is 5.85. The van der Waals surface area contributed by atoms with E-state index < -0.39 is 0 Å². The Morgan fingerprint density at radius 1 is 0.923 bits per heavy atom. The Morgan fingerprint density at radius 3 is 1.92 bits per heavy atom. The fourth-order valence-corrected chi connectivity index (χ4v) is 2.52. The van der Waals surface area contributed by atoms with Crippen molar-refractivity contribution in [2.24, 2.45) is 5.73 Å². The van der Waals surface area contributed by atoms with Gasteiger partial charge in [0.2, 0.25) is 0 Å². The zero-order valence-corrected chi connectivity index (χ0v) is 8.60. The Morgan fingerprint density at radius 2 is 1.46 bits per heavy atom. The molecule has 1 saturated carbocycles. The quantitative estimate of drug-likeness (QED) is 0.705. The van der Waals surface area contributed by atoms with Crippen molar-refractivity contribution in [2.45, 2.75) is 50.5 Å². The molecule has 2 nitrogen and oxygen atoms in total. The van der Waals surface area contributed by atoms with Gasteiger partial charge in [-0.2, -0.15) is 0 Å². The molecular formula is C11H22N2. The Labute approximate surface area is 81.5 Å². The monoisotopic (exact) mass is 182 g/mol. The first-order valence-electron chi connectivity index (χ1n) is 5.82. The molecule has 2 rings (SSSR count). The Hall–Kier alpha value is -0.0800. The van der Waals surface area contributed by atoms with Crippen LogP contribution in [-0.2, 0) is 0 Å². The third-order valence-corrected chi connectivity index (χ3v) is 3.73. The minimum atomic E-state index is 0.456. The SMILES string of the molecule is NCC1(N2CCCCCCC2)CC1. The van der Waals surface area contributed by atoms with E-state index in [1.165, 1.54) is 58.0 Å². The fourth-order valence-electron chi connectivity index (χ4n) is 2.52. The van der Waals surface area contributed by atoms with Gasteiger partial charge in [-0.15, -0.1) is 0 Å². The molecule has 2 heteroatoms. The summed E-state index contributed by atoms with van der Waals surface area (Å²) in [5.74, 6) is 0. The van der Waals surface area contributed by atoms with Crippen molar-refractivity contribution in [3.05, 3.63) is 0 Å². The summed E-state index contributed by atoms with van der Waals surface area (Å²) in [5.41, 5.74) is 6.30. The van der Waals surface area contributed by atoms with Crippen LogP contribution in [0.5, 0.6) is 0 Å². The maximum atomic E-state index is 5.85. The molecule has 0 radical (unpaired) electrons. The largest absolute Gasteiger partial charge is 0.329 e. The highest BCUT2D eigenvalue weighted by atomic mass is 15.2. The van der Waals surface area contributed by atoms with E-state index in [-0.39, 0.29) is 0 Å². The van der Waals surface area contributed by atoms with Crippen LogP contribution in [-0.4, -0.2) is 30.1 Å². The minimum Gasteiger partial charge on any atom is -0.329 e. The zero-order chi connectivity index (χ0) is 9.15. The summed E-state index contributed by atoms with van der Waals surface area (Å²) in [6.07, 6.45) is 9.79. The fraction of sp³-hybridized carbons (Fsp3) is 1.00. The normalized spacial score (nSPS) is 29.3. The lowest BCUT2D eigenvalue weighted by atomic mass is 10.1. The van der Waals surface area contributed by atoms with Gasteiger partial charge in [0.1, 0.15) is 0 Å². The van der Waals surface area contributed by atoms with Gasteiger partial charge in [0.15, 0.2) is 0 Å². The molecule has 0 spiro atoms. The minimum absolute atomic E-state index is 0.456. The lowest BCUT2D eigenvalue weighted by molar-refractivity contribution is 0.165.